The number of halogens is 1. The molecule has 166 valence electrons. The van der Waals surface area contributed by atoms with E-state index in [-0.39, 0.29) is 36.1 Å². The van der Waals surface area contributed by atoms with Crippen molar-refractivity contribution in [3.8, 4) is 0 Å². The Hall–Kier alpha value is -1.61. The van der Waals surface area contributed by atoms with Crippen molar-refractivity contribution in [2.45, 2.75) is 52.7 Å². The van der Waals surface area contributed by atoms with E-state index in [9.17, 15) is 0 Å². The zero-order chi connectivity index (χ0) is 20.8. The highest BCUT2D eigenvalue weighted by molar-refractivity contribution is 14.0. The topological polar surface area (TPSA) is 63.5 Å². The number of hydrogen-bond acceptors (Lipinski definition) is 3. The molecule has 1 fully saturated rings. The average molecular weight is 525 g/mol. The van der Waals surface area contributed by atoms with E-state index in [1.165, 1.54) is 16.8 Å². The van der Waals surface area contributed by atoms with Crippen LogP contribution in [-0.2, 0) is 18.2 Å². The SMILES string of the molecule is CCNC(=NCC1CCOC1c1ccccc1)NC(C)Cc1c(C)nn(C)c1C.I. The lowest BCUT2D eigenvalue weighted by Crippen LogP contribution is -2.43. The smallest absolute Gasteiger partial charge is 0.191 e. The van der Waals surface area contributed by atoms with Crippen LogP contribution in [0.3, 0.4) is 0 Å². The number of hydrogen-bond donors (Lipinski definition) is 2. The number of nitrogens with zero attached hydrogens (tertiary/aromatic N) is 3. The van der Waals surface area contributed by atoms with Gasteiger partial charge in [0.25, 0.3) is 0 Å². The molecule has 2 N–H and O–H groups in total. The van der Waals surface area contributed by atoms with Gasteiger partial charge in [-0.3, -0.25) is 9.67 Å². The summed E-state index contributed by atoms with van der Waals surface area (Å²) in [4.78, 5) is 4.90. The molecule has 2 heterocycles. The molecule has 0 bridgehead atoms. The van der Waals surface area contributed by atoms with Crippen LogP contribution in [0.1, 0.15) is 48.9 Å². The zero-order valence-corrected chi connectivity index (χ0v) is 21.1. The van der Waals surface area contributed by atoms with Crippen molar-refractivity contribution in [3.05, 3.63) is 52.8 Å². The Bertz CT molecular complexity index is 821. The highest BCUT2D eigenvalue weighted by Gasteiger charge is 2.29. The number of aliphatic imine (C=N–C) groups is 1. The van der Waals surface area contributed by atoms with Gasteiger partial charge >= 0.3 is 0 Å². The van der Waals surface area contributed by atoms with Gasteiger partial charge in [-0.2, -0.15) is 5.10 Å². The second-order valence-corrected chi connectivity index (χ2v) is 7.99. The number of guanidine groups is 1. The van der Waals surface area contributed by atoms with Gasteiger partial charge in [0.15, 0.2) is 5.96 Å². The van der Waals surface area contributed by atoms with Crippen LogP contribution in [0.4, 0.5) is 0 Å². The molecule has 3 unspecified atom stereocenters. The fraction of sp³-hybridized carbons (Fsp3) is 0.565. The Balaban J connectivity index is 0.00000320. The first kappa shape index (κ1) is 24.7. The van der Waals surface area contributed by atoms with Crippen LogP contribution in [0.15, 0.2) is 35.3 Å². The van der Waals surface area contributed by atoms with Crippen LogP contribution in [0, 0.1) is 19.8 Å². The molecule has 1 saturated heterocycles. The minimum atomic E-state index is 0. The second kappa shape index (κ2) is 11.7. The second-order valence-electron chi connectivity index (χ2n) is 7.99. The minimum absolute atomic E-state index is 0. The fourth-order valence-electron chi connectivity index (χ4n) is 4.06. The van der Waals surface area contributed by atoms with Crippen LogP contribution in [-0.4, -0.2) is 41.5 Å². The van der Waals surface area contributed by atoms with E-state index in [2.05, 4.69) is 67.7 Å². The maximum absolute atomic E-state index is 6.01. The van der Waals surface area contributed by atoms with Gasteiger partial charge in [-0.05, 0) is 51.7 Å². The molecule has 1 aliphatic heterocycles. The molecule has 0 spiro atoms. The summed E-state index contributed by atoms with van der Waals surface area (Å²) in [6.45, 7) is 10.9. The lowest BCUT2D eigenvalue weighted by molar-refractivity contribution is 0.0925. The highest BCUT2D eigenvalue weighted by Crippen LogP contribution is 2.34. The maximum atomic E-state index is 6.01. The van der Waals surface area contributed by atoms with E-state index in [1.807, 2.05) is 17.8 Å². The molecule has 30 heavy (non-hydrogen) atoms. The Morgan fingerprint density at radius 1 is 1.30 bits per heavy atom. The third-order valence-corrected chi connectivity index (χ3v) is 5.72. The molecule has 0 amide bonds. The Kier molecular flexibility index (Phi) is 9.61. The van der Waals surface area contributed by atoms with Crippen LogP contribution in [0.2, 0.25) is 0 Å². The van der Waals surface area contributed by atoms with Gasteiger partial charge < -0.3 is 15.4 Å². The van der Waals surface area contributed by atoms with Gasteiger partial charge in [0, 0.05) is 44.4 Å². The molecule has 1 aromatic heterocycles. The Morgan fingerprint density at radius 2 is 2.03 bits per heavy atom. The van der Waals surface area contributed by atoms with Crippen LogP contribution >= 0.6 is 24.0 Å². The third kappa shape index (κ3) is 6.20. The standard InChI is InChI=1S/C23H35N5O.HI/c1-6-24-23(26-16(2)14-21-17(3)27-28(5)18(21)4)25-15-20-12-13-29-22(20)19-10-8-7-9-11-19;/h7-11,16,20,22H,6,12-15H2,1-5H3,(H2,24,25,26);1H. The summed E-state index contributed by atoms with van der Waals surface area (Å²) in [5.74, 6) is 1.28. The maximum Gasteiger partial charge on any atom is 0.191 e. The number of rotatable bonds is 7. The Labute approximate surface area is 197 Å². The van der Waals surface area contributed by atoms with Crippen LogP contribution in [0.5, 0.6) is 0 Å². The summed E-state index contributed by atoms with van der Waals surface area (Å²) in [5, 5.41) is 11.5. The third-order valence-electron chi connectivity index (χ3n) is 5.72. The lowest BCUT2D eigenvalue weighted by Gasteiger charge is -2.20. The van der Waals surface area contributed by atoms with Gasteiger partial charge in [-0.1, -0.05) is 30.3 Å². The predicted octanol–water partition coefficient (Wildman–Crippen LogP) is 3.92. The quantitative estimate of drug-likeness (QED) is 0.327. The van der Waals surface area contributed by atoms with Crippen molar-refractivity contribution in [1.29, 1.82) is 0 Å². The van der Waals surface area contributed by atoms with Crippen molar-refractivity contribution in [2.24, 2.45) is 18.0 Å². The lowest BCUT2D eigenvalue weighted by atomic mass is 9.95. The molecule has 7 heteroatoms. The van der Waals surface area contributed by atoms with Crippen molar-refractivity contribution in [1.82, 2.24) is 20.4 Å². The van der Waals surface area contributed by atoms with Gasteiger partial charge in [-0.25, -0.2) is 0 Å². The first-order valence-electron chi connectivity index (χ1n) is 10.7. The molecule has 6 nitrogen and oxygen atoms in total. The molecule has 3 atom stereocenters. The summed E-state index contributed by atoms with van der Waals surface area (Å²) in [6.07, 6.45) is 2.11. The molecular weight excluding hydrogens is 489 g/mol. The number of aryl methyl sites for hydroxylation is 2. The Morgan fingerprint density at radius 3 is 2.67 bits per heavy atom. The van der Waals surface area contributed by atoms with E-state index in [0.717, 1.165) is 44.2 Å². The predicted molar refractivity (Wildman–Crippen MR) is 134 cm³/mol. The van der Waals surface area contributed by atoms with Gasteiger partial charge in [0.2, 0.25) is 0 Å². The number of ether oxygens (including phenoxy) is 1. The highest BCUT2D eigenvalue weighted by atomic mass is 127. The largest absolute Gasteiger partial charge is 0.373 e. The summed E-state index contributed by atoms with van der Waals surface area (Å²) < 4.78 is 7.97. The van der Waals surface area contributed by atoms with Gasteiger partial charge in [-0.15, -0.1) is 24.0 Å². The molecule has 0 saturated carbocycles. The number of aromatic nitrogens is 2. The van der Waals surface area contributed by atoms with Crippen molar-refractivity contribution >= 4 is 29.9 Å². The summed E-state index contributed by atoms with van der Waals surface area (Å²) in [5.41, 5.74) is 4.90. The van der Waals surface area contributed by atoms with Gasteiger partial charge in [0.1, 0.15) is 0 Å². The molecule has 1 aliphatic rings. The molecular formula is C23H36IN5O. The number of nitrogens with one attached hydrogen (secondary N) is 2. The fourth-order valence-corrected chi connectivity index (χ4v) is 4.06. The van der Waals surface area contributed by atoms with E-state index >= 15 is 0 Å². The van der Waals surface area contributed by atoms with E-state index in [4.69, 9.17) is 9.73 Å². The first-order valence-corrected chi connectivity index (χ1v) is 10.7. The number of benzene rings is 1. The minimum Gasteiger partial charge on any atom is -0.373 e. The average Bonchev–Trinajstić information content (AvgIpc) is 3.27. The monoisotopic (exact) mass is 525 g/mol. The van der Waals surface area contributed by atoms with E-state index in [0.29, 0.717) is 5.92 Å². The molecule has 3 rings (SSSR count). The molecule has 2 aromatic rings. The van der Waals surface area contributed by atoms with E-state index < -0.39 is 0 Å². The van der Waals surface area contributed by atoms with Crippen molar-refractivity contribution in [3.63, 3.8) is 0 Å². The van der Waals surface area contributed by atoms with E-state index in [1.54, 1.807) is 0 Å². The van der Waals surface area contributed by atoms with Crippen molar-refractivity contribution in [2.75, 3.05) is 19.7 Å². The summed E-state index contributed by atoms with van der Waals surface area (Å²) in [7, 11) is 2.00. The van der Waals surface area contributed by atoms with Crippen molar-refractivity contribution < 1.29 is 4.74 Å². The molecule has 1 aromatic carbocycles. The summed E-state index contributed by atoms with van der Waals surface area (Å²) >= 11 is 0. The molecule has 0 radical (unpaired) electrons. The first-order chi connectivity index (χ1) is 14.0. The van der Waals surface area contributed by atoms with Crippen LogP contribution in [0.25, 0.3) is 0 Å². The van der Waals surface area contributed by atoms with Crippen LogP contribution < -0.4 is 10.6 Å². The zero-order valence-electron chi connectivity index (χ0n) is 18.8. The summed E-state index contributed by atoms with van der Waals surface area (Å²) in [6, 6.07) is 10.8. The molecule has 0 aliphatic carbocycles. The van der Waals surface area contributed by atoms with Gasteiger partial charge in [0.05, 0.1) is 11.8 Å². The normalized spacial score (nSPS) is 20.0.